The second-order valence-electron chi connectivity index (χ2n) is 4.44. The molecule has 0 saturated heterocycles. The number of hydrogen-bond donors (Lipinski definition) is 0. The van der Waals surface area contributed by atoms with Crippen molar-refractivity contribution in [2.75, 3.05) is 25.0 Å². The topological polar surface area (TPSA) is 3.24 Å². The predicted molar refractivity (Wildman–Crippen MR) is 69.1 cm³/mol. The Morgan fingerprint density at radius 2 is 2.12 bits per heavy atom. The van der Waals surface area contributed by atoms with Crippen molar-refractivity contribution >= 4 is 15.9 Å². The lowest BCUT2D eigenvalue weighted by atomic mass is 9.77. The summed E-state index contributed by atoms with van der Waals surface area (Å²) < 4.78 is 24.8. The highest BCUT2D eigenvalue weighted by Gasteiger charge is 2.27. The Morgan fingerprint density at radius 3 is 2.76 bits per heavy atom. The summed E-state index contributed by atoms with van der Waals surface area (Å²) in [6, 6.07) is 8.28. The Hall–Kier alpha value is -0.480. The summed E-state index contributed by atoms with van der Waals surface area (Å²) in [6.07, 6.45) is -1.22. The molecule has 0 bridgehead atoms. The van der Waals surface area contributed by atoms with E-state index in [-0.39, 0.29) is 6.54 Å². The molecule has 0 amide bonds. The Labute approximate surface area is 109 Å². The molecule has 1 aromatic carbocycles. The molecule has 0 radical (unpaired) electrons. The van der Waals surface area contributed by atoms with Gasteiger partial charge in [0.1, 0.15) is 0 Å². The van der Waals surface area contributed by atoms with Crippen LogP contribution in [0.4, 0.5) is 8.78 Å². The smallest absolute Gasteiger partial charge is 0.251 e. The molecule has 2 rings (SSSR count). The van der Waals surface area contributed by atoms with E-state index in [9.17, 15) is 8.78 Å². The van der Waals surface area contributed by atoms with E-state index in [2.05, 4.69) is 28.1 Å². The number of rotatable bonds is 6. The predicted octanol–water partition coefficient (Wildman–Crippen LogP) is 3.29. The van der Waals surface area contributed by atoms with Crippen LogP contribution in [0.15, 0.2) is 24.3 Å². The average molecular weight is 304 g/mol. The Morgan fingerprint density at radius 1 is 1.35 bits per heavy atom. The van der Waals surface area contributed by atoms with Crippen molar-refractivity contribution in [3.63, 3.8) is 0 Å². The first-order valence-electron chi connectivity index (χ1n) is 5.85. The van der Waals surface area contributed by atoms with Gasteiger partial charge in [-0.3, -0.25) is 4.90 Å². The second kappa shape index (κ2) is 5.91. The molecule has 0 heterocycles. The summed E-state index contributed by atoms with van der Waals surface area (Å²) in [5.41, 5.74) is 2.70. The average Bonchev–Trinajstić information content (AvgIpc) is 2.25. The van der Waals surface area contributed by atoms with E-state index in [4.69, 9.17) is 0 Å². The summed E-state index contributed by atoms with van der Waals surface area (Å²) in [5.74, 6) is 0.434. The maximum atomic E-state index is 12.4. The standard InChI is InChI=1S/C13H16BrF2N/c14-5-6-17(9-13(15)16)8-11-7-10-3-1-2-4-12(10)11/h1-4,11,13H,5-9H2. The Balaban J connectivity index is 1.92. The lowest BCUT2D eigenvalue weighted by Gasteiger charge is -2.34. The first kappa shape index (κ1) is 13.0. The van der Waals surface area contributed by atoms with Crippen molar-refractivity contribution in [2.24, 2.45) is 0 Å². The van der Waals surface area contributed by atoms with Gasteiger partial charge in [-0.05, 0) is 17.5 Å². The number of fused-ring (bicyclic) bond motifs is 1. The van der Waals surface area contributed by atoms with E-state index in [1.807, 2.05) is 17.0 Å². The van der Waals surface area contributed by atoms with Gasteiger partial charge in [0.15, 0.2) is 0 Å². The third-order valence-corrected chi connectivity index (χ3v) is 3.59. The van der Waals surface area contributed by atoms with Crippen molar-refractivity contribution in [3.8, 4) is 0 Å². The maximum absolute atomic E-state index is 12.4. The third kappa shape index (κ3) is 3.26. The summed E-state index contributed by atoms with van der Waals surface area (Å²) in [6.45, 7) is 1.31. The minimum Gasteiger partial charge on any atom is -0.296 e. The van der Waals surface area contributed by atoms with Crippen LogP contribution in [-0.2, 0) is 6.42 Å². The van der Waals surface area contributed by atoms with Gasteiger partial charge in [0.05, 0.1) is 6.54 Å². The van der Waals surface area contributed by atoms with Crippen LogP contribution in [0.3, 0.4) is 0 Å². The Bertz CT molecular complexity index is 370. The molecule has 94 valence electrons. The number of alkyl halides is 3. The molecular formula is C13H16BrF2N. The largest absolute Gasteiger partial charge is 0.296 e. The molecule has 0 aliphatic heterocycles. The third-order valence-electron chi connectivity index (χ3n) is 3.24. The van der Waals surface area contributed by atoms with Crippen LogP contribution >= 0.6 is 15.9 Å². The molecule has 0 spiro atoms. The van der Waals surface area contributed by atoms with Crippen LogP contribution in [-0.4, -0.2) is 36.3 Å². The first-order chi connectivity index (χ1) is 8.20. The zero-order valence-electron chi connectivity index (χ0n) is 9.58. The van der Waals surface area contributed by atoms with Crippen LogP contribution in [0, 0.1) is 0 Å². The van der Waals surface area contributed by atoms with Crippen LogP contribution in [0.2, 0.25) is 0 Å². The molecule has 1 unspecified atom stereocenters. The summed E-state index contributed by atoms with van der Waals surface area (Å²) in [7, 11) is 0. The van der Waals surface area contributed by atoms with Gasteiger partial charge in [0, 0.05) is 24.3 Å². The molecule has 0 saturated carbocycles. The van der Waals surface area contributed by atoms with Crippen LogP contribution in [0.5, 0.6) is 0 Å². The highest BCUT2D eigenvalue weighted by molar-refractivity contribution is 9.09. The van der Waals surface area contributed by atoms with Gasteiger partial charge >= 0.3 is 0 Å². The molecule has 1 atom stereocenters. The highest BCUT2D eigenvalue weighted by Crippen LogP contribution is 2.35. The van der Waals surface area contributed by atoms with Gasteiger partial charge in [-0.25, -0.2) is 8.78 Å². The van der Waals surface area contributed by atoms with E-state index in [0.29, 0.717) is 12.5 Å². The molecule has 17 heavy (non-hydrogen) atoms. The zero-order valence-corrected chi connectivity index (χ0v) is 11.2. The SMILES string of the molecule is FC(F)CN(CCBr)CC1Cc2ccccc21. The molecule has 1 aliphatic rings. The summed E-state index contributed by atoms with van der Waals surface area (Å²) >= 11 is 3.31. The lowest BCUT2D eigenvalue weighted by molar-refractivity contribution is 0.0871. The van der Waals surface area contributed by atoms with Gasteiger partial charge in [0.25, 0.3) is 6.43 Å². The fourth-order valence-corrected chi connectivity index (χ4v) is 2.91. The normalized spacial score (nSPS) is 18.3. The van der Waals surface area contributed by atoms with Crippen LogP contribution in [0.25, 0.3) is 0 Å². The molecule has 4 heteroatoms. The monoisotopic (exact) mass is 303 g/mol. The van der Waals surface area contributed by atoms with Gasteiger partial charge in [-0.2, -0.15) is 0 Å². The van der Waals surface area contributed by atoms with Crippen molar-refractivity contribution < 1.29 is 8.78 Å². The summed E-state index contributed by atoms with van der Waals surface area (Å²) in [4.78, 5) is 1.85. The fourth-order valence-electron chi connectivity index (χ4n) is 2.41. The second-order valence-corrected chi connectivity index (χ2v) is 5.23. The van der Waals surface area contributed by atoms with Crippen LogP contribution in [0.1, 0.15) is 17.0 Å². The highest BCUT2D eigenvalue weighted by atomic mass is 79.9. The molecule has 1 nitrogen and oxygen atoms in total. The molecule has 0 fully saturated rings. The fraction of sp³-hybridized carbons (Fsp3) is 0.538. The quantitative estimate of drug-likeness (QED) is 0.729. The van der Waals surface area contributed by atoms with Gasteiger partial charge < -0.3 is 0 Å². The molecule has 1 aliphatic carbocycles. The van der Waals surface area contributed by atoms with E-state index >= 15 is 0 Å². The van der Waals surface area contributed by atoms with Gasteiger partial charge in [-0.1, -0.05) is 40.2 Å². The van der Waals surface area contributed by atoms with Crippen molar-refractivity contribution in [1.29, 1.82) is 0 Å². The van der Waals surface area contributed by atoms with Crippen molar-refractivity contribution in [2.45, 2.75) is 18.8 Å². The Kier molecular flexibility index (Phi) is 4.51. The van der Waals surface area contributed by atoms with Crippen LogP contribution < -0.4 is 0 Å². The lowest BCUT2D eigenvalue weighted by Crippen LogP contribution is -2.37. The molecular weight excluding hydrogens is 288 g/mol. The molecule has 0 aromatic heterocycles. The maximum Gasteiger partial charge on any atom is 0.251 e. The van der Waals surface area contributed by atoms with E-state index in [1.165, 1.54) is 11.1 Å². The van der Waals surface area contributed by atoms with Crippen molar-refractivity contribution in [3.05, 3.63) is 35.4 Å². The zero-order chi connectivity index (χ0) is 12.3. The summed E-state index contributed by atoms with van der Waals surface area (Å²) in [5, 5.41) is 0.744. The van der Waals surface area contributed by atoms with Gasteiger partial charge in [-0.15, -0.1) is 0 Å². The minimum atomic E-state index is -2.25. The van der Waals surface area contributed by atoms with Gasteiger partial charge in [0.2, 0.25) is 0 Å². The van der Waals surface area contributed by atoms with E-state index < -0.39 is 6.43 Å². The number of nitrogens with zero attached hydrogens (tertiary/aromatic N) is 1. The first-order valence-corrected chi connectivity index (χ1v) is 6.97. The number of hydrogen-bond acceptors (Lipinski definition) is 1. The minimum absolute atomic E-state index is 0.121. The molecule has 0 N–H and O–H groups in total. The van der Waals surface area contributed by atoms with E-state index in [0.717, 1.165) is 18.3 Å². The van der Waals surface area contributed by atoms with E-state index in [1.54, 1.807) is 0 Å². The number of benzene rings is 1. The molecule has 1 aromatic rings. The van der Waals surface area contributed by atoms with Crippen molar-refractivity contribution in [1.82, 2.24) is 4.90 Å². The number of halogens is 3.